The highest BCUT2D eigenvalue weighted by Gasteiger charge is 2.20. The summed E-state index contributed by atoms with van der Waals surface area (Å²) in [5.41, 5.74) is 6.21. The van der Waals surface area contributed by atoms with Gasteiger partial charge in [0.2, 0.25) is 5.91 Å². The van der Waals surface area contributed by atoms with Crippen molar-refractivity contribution in [1.29, 1.82) is 0 Å². The third-order valence-corrected chi connectivity index (χ3v) is 3.99. The van der Waals surface area contributed by atoms with E-state index in [2.05, 4.69) is 17.2 Å². The van der Waals surface area contributed by atoms with E-state index in [0.29, 0.717) is 6.54 Å². The molecule has 112 valence electrons. The van der Waals surface area contributed by atoms with Crippen molar-refractivity contribution in [3.63, 3.8) is 0 Å². The van der Waals surface area contributed by atoms with Crippen molar-refractivity contribution in [2.45, 2.75) is 52.1 Å². The number of nitrogens with zero attached hydrogens (tertiary/aromatic N) is 4. The molecule has 20 heavy (non-hydrogen) atoms. The molecule has 1 aliphatic rings. The molecular formula is C14H25N5O. The Labute approximate surface area is 120 Å². The van der Waals surface area contributed by atoms with Crippen LogP contribution in [-0.4, -0.2) is 38.9 Å². The Morgan fingerprint density at radius 3 is 3.00 bits per heavy atom. The Hall–Kier alpha value is -1.43. The van der Waals surface area contributed by atoms with Crippen molar-refractivity contribution < 1.29 is 4.79 Å². The molecule has 1 amide bonds. The Kier molecular flexibility index (Phi) is 5.52. The van der Waals surface area contributed by atoms with E-state index in [-0.39, 0.29) is 12.5 Å². The van der Waals surface area contributed by atoms with Crippen LogP contribution in [0.5, 0.6) is 0 Å². The van der Waals surface area contributed by atoms with Crippen molar-refractivity contribution in [1.82, 2.24) is 19.9 Å². The molecular weight excluding hydrogens is 254 g/mol. The first-order chi connectivity index (χ1) is 9.72. The zero-order valence-corrected chi connectivity index (χ0v) is 12.3. The fourth-order valence-electron chi connectivity index (χ4n) is 2.86. The molecule has 1 unspecified atom stereocenters. The Bertz CT molecular complexity index is 431. The molecule has 0 saturated carbocycles. The molecule has 1 aliphatic heterocycles. The first kappa shape index (κ1) is 15.0. The Balaban J connectivity index is 1.85. The second-order valence-corrected chi connectivity index (χ2v) is 5.58. The van der Waals surface area contributed by atoms with Gasteiger partial charge in [-0.25, -0.2) is 4.68 Å². The summed E-state index contributed by atoms with van der Waals surface area (Å²) in [6, 6.07) is 0. The molecule has 6 nitrogen and oxygen atoms in total. The summed E-state index contributed by atoms with van der Waals surface area (Å²) in [5, 5.41) is 7.83. The van der Waals surface area contributed by atoms with E-state index in [9.17, 15) is 4.79 Å². The maximum Gasteiger partial charge on any atom is 0.244 e. The van der Waals surface area contributed by atoms with E-state index in [1.54, 1.807) is 10.9 Å². The number of rotatable bonds is 5. The van der Waals surface area contributed by atoms with Gasteiger partial charge in [0.1, 0.15) is 6.54 Å². The predicted octanol–water partition coefficient (Wildman–Crippen LogP) is 1.17. The molecule has 2 rings (SSSR count). The minimum Gasteiger partial charge on any atom is -0.341 e. The SMILES string of the molecule is CCCC1CCCN(C(=O)Cn2cc(CN)nn2)CC1. The molecule has 1 saturated heterocycles. The molecule has 0 bridgehead atoms. The van der Waals surface area contributed by atoms with Gasteiger partial charge in [-0.05, 0) is 25.2 Å². The Morgan fingerprint density at radius 2 is 2.30 bits per heavy atom. The normalized spacial score (nSPS) is 19.9. The smallest absolute Gasteiger partial charge is 0.244 e. The summed E-state index contributed by atoms with van der Waals surface area (Å²) in [7, 11) is 0. The van der Waals surface area contributed by atoms with Crippen LogP contribution in [0.1, 0.15) is 44.7 Å². The molecule has 0 spiro atoms. The van der Waals surface area contributed by atoms with Crippen LogP contribution >= 0.6 is 0 Å². The second kappa shape index (κ2) is 7.38. The quantitative estimate of drug-likeness (QED) is 0.877. The van der Waals surface area contributed by atoms with Gasteiger partial charge in [-0.3, -0.25) is 4.79 Å². The highest BCUT2D eigenvalue weighted by Crippen LogP contribution is 2.22. The van der Waals surface area contributed by atoms with E-state index in [0.717, 1.165) is 37.5 Å². The summed E-state index contributed by atoms with van der Waals surface area (Å²) in [5.74, 6) is 0.920. The average molecular weight is 279 g/mol. The van der Waals surface area contributed by atoms with Gasteiger partial charge in [-0.2, -0.15) is 0 Å². The largest absolute Gasteiger partial charge is 0.341 e. The van der Waals surface area contributed by atoms with Gasteiger partial charge < -0.3 is 10.6 Å². The van der Waals surface area contributed by atoms with Gasteiger partial charge in [-0.15, -0.1) is 5.10 Å². The maximum atomic E-state index is 12.3. The van der Waals surface area contributed by atoms with Crippen LogP contribution in [0.25, 0.3) is 0 Å². The van der Waals surface area contributed by atoms with Gasteiger partial charge in [0.15, 0.2) is 0 Å². The van der Waals surface area contributed by atoms with Crippen molar-refractivity contribution >= 4 is 5.91 Å². The highest BCUT2D eigenvalue weighted by atomic mass is 16.2. The average Bonchev–Trinajstić information content (AvgIpc) is 2.76. The zero-order valence-electron chi connectivity index (χ0n) is 12.3. The van der Waals surface area contributed by atoms with E-state index < -0.39 is 0 Å². The number of hydrogen-bond acceptors (Lipinski definition) is 4. The lowest BCUT2D eigenvalue weighted by Gasteiger charge is -2.20. The van der Waals surface area contributed by atoms with Gasteiger partial charge in [0, 0.05) is 19.6 Å². The third kappa shape index (κ3) is 4.03. The molecule has 1 fully saturated rings. The zero-order chi connectivity index (χ0) is 14.4. The molecule has 0 aromatic carbocycles. The van der Waals surface area contributed by atoms with E-state index >= 15 is 0 Å². The summed E-state index contributed by atoms with van der Waals surface area (Å²) < 4.78 is 1.58. The summed E-state index contributed by atoms with van der Waals surface area (Å²) in [4.78, 5) is 14.3. The number of carbonyl (C=O) groups is 1. The number of aromatic nitrogens is 3. The molecule has 6 heteroatoms. The number of hydrogen-bond donors (Lipinski definition) is 1. The second-order valence-electron chi connectivity index (χ2n) is 5.58. The molecule has 1 aromatic heterocycles. The minimum atomic E-state index is 0.135. The van der Waals surface area contributed by atoms with Crippen LogP contribution < -0.4 is 5.73 Å². The monoisotopic (exact) mass is 279 g/mol. The molecule has 1 aromatic rings. The van der Waals surface area contributed by atoms with Crippen LogP contribution in [0, 0.1) is 5.92 Å². The minimum absolute atomic E-state index is 0.135. The predicted molar refractivity (Wildman–Crippen MR) is 76.7 cm³/mol. The molecule has 1 atom stereocenters. The summed E-state index contributed by atoms with van der Waals surface area (Å²) in [6.07, 6.45) is 7.76. The van der Waals surface area contributed by atoms with E-state index in [1.165, 1.54) is 19.3 Å². The first-order valence-corrected chi connectivity index (χ1v) is 7.59. The van der Waals surface area contributed by atoms with Crippen LogP contribution in [0.4, 0.5) is 0 Å². The molecule has 0 radical (unpaired) electrons. The van der Waals surface area contributed by atoms with Gasteiger partial charge in [0.05, 0.1) is 11.9 Å². The van der Waals surface area contributed by atoms with Crippen molar-refractivity contribution in [3.8, 4) is 0 Å². The molecule has 2 heterocycles. The first-order valence-electron chi connectivity index (χ1n) is 7.59. The topological polar surface area (TPSA) is 77.0 Å². The van der Waals surface area contributed by atoms with E-state index in [4.69, 9.17) is 5.73 Å². The van der Waals surface area contributed by atoms with Crippen molar-refractivity contribution in [2.24, 2.45) is 11.7 Å². The lowest BCUT2D eigenvalue weighted by molar-refractivity contribution is -0.132. The third-order valence-electron chi connectivity index (χ3n) is 3.99. The fraction of sp³-hybridized carbons (Fsp3) is 0.786. The number of likely N-dealkylation sites (tertiary alicyclic amines) is 1. The van der Waals surface area contributed by atoms with E-state index in [1.807, 2.05) is 4.90 Å². The number of amides is 1. The number of nitrogens with two attached hydrogens (primary N) is 1. The van der Waals surface area contributed by atoms with Crippen LogP contribution in [-0.2, 0) is 17.9 Å². The lowest BCUT2D eigenvalue weighted by atomic mass is 9.96. The summed E-state index contributed by atoms with van der Waals surface area (Å²) in [6.45, 7) is 4.61. The Morgan fingerprint density at radius 1 is 1.45 bits per heavy atom. The van der Waals surface area contributed by atoms with Gasteiger partial charge in [0.25, 0.3) is 0 Å². The maximum absolute atomic E-state index is 12.3. The molecule has 0 aliphatic carbocycles. The molecule has 2 N–H and O–H groups in total. The van der Waals surface area contributed by atoms with Crippen LogP contribution in [0.2, 0.25) is 0 Å². The highest BCUT2D eigenvalue weighted by molar-refractivity contribution is 5.75. The number of carbonyl (C=O) groups excluding carboxylic acids is 1. The van der Waals surface area contributed by atoms with Crippen LogP contribution in [0.15, 0.2) is 6.20 Å². The lowest BCUT2D eigenvalue weighted by Crippen LogP contribution is -2.34. The van der Waals surface area contributed by atoms with Crippen LogP contribution in [0.3, 0.4) is 0 Å². The fourth-order valence-corrected chi connectivity index (χ4v) is 2.86. The standard InChI is InChI=1S/C14H25N5O/c1-2-4-12-5-3-7-18(8-6-12)14(20)11-19-10-13(9-15)16-17-19/h10,12H,2-9,11,15H2,1H3. The van der Waals surface area contributed by atoms with Gasteiger partial charge >= 0.3 is 0 Å². The van der Waals surface area contributed by atoms with Crippen molar-refractivity contribution in [3.05, 3.63) is 11.9 Å². The summed E-state index contributed by atoms with van der Waals surface area (Å²) >= 11 is 0. The van der Waals surface area contributed by atoms with Crippen molar-refractivity contribution in [2.75, 3.05) is 13.1 Å². The van der Waals surface area contributed by atoms with Gasteiger partial charge in [-0.1, -0.05) is 25.0 Å².